The van der Waals surface area contributed by atoms with Crippen LogP contribution in [-0.4, -0.2) is 15.9 Å². The Labute approximate surface area is 73.7 Å². The van der Waals surface area contributed by atoms with E-state index < -0.39 is 5.91 Å². The minimum absolute atomic E-state index is 0.281. The third-order valence-electron chi connectivity index (χ3n) is 1.80. The molecule has 0 aliphatic rings. The van der Waals surface area contributed by atoms with E-state index in [2.05, 4.69) is 9.97 Å². The molecule has 1 aromatic carbocycles. The first-order chi connectivity index (χ1) is 6.18. The van der Waals surface area contributed by atoms with Crippen LogP contribution in [0.2, 0.25) is 0 Å². The third-order valence-corrected chi connectivity index (χ3v) is 1.80. The lowest BCUT2D eigenvalue weighted by Gasteiger charge is -1.94. The predicted molar refractivity (Wildman–Crippen MR) is 49.0 cm³/mol. The van der Waals surface area contributed by atoms with E-state index in [4.69, 9.17) is 11.5 Å². The SMILES string of the molecule is NC(=O)c1cccc2[nH]c(N)nc12. The lowest BCUT2D eigenvalue weighted by Crippen LogP contribution is -2.11. The lowest BCUT2D eigenvalue weighted by atomic mass is 10.2. The molecule has 13 heavy (non-hydrogen) atoms. The van der Waals surface area contributed by atoms with Crippen LogP contribution in [0.5, 0.6) is 0 Å². The number of anilines is 1. The summed E-state index contributed by atoms with van der Waals surface area (Å²) in [5.74, 6) is -0.221. The van der Waals surface area contributed by atoms with E-state index >= 15 is 0 Å². The van der Waals surface area contributed by atoms with Crippen LogP contribution in [0.15, 0.2) is 18.2 Å². The van der Waals surface area contributed by atoms with Crippen molar-refractivity contribution >= 4 is 22.9 Å². The first-order valence-electron chi connectivity index (χ1n) is 3.72. The number of nitrogens with zero attached hydrogens (tertiary/aromatic N) is 1. The molecule has 0 fully saturated rings. The molecule has 0 saturated heterocycles. The minimum atomic E-state index is -0.503. The summed E-state index contributed by atoms with van der Waals surface area (Å²) in [7, 11) is 0. The fourth-order valence-corrected chi connectivity index (χ4v) is 1.25. The predicted octanol–water partition coefficient (Wildman–Crippen LogP) is 0.244. The molecule has 0 spiro atoms. The number of hydrogen-bond acceptors (Lipinski definition) is 3. The van der Waals surface area contributed by atoms with Crippen molar-refractivity contribution in [2.45, 2.75) is 0 Å². The Balaban J connectivity index is 2.82. The summed E-state index contributed by atoms with van der Waals surface area (Å²) in [6.07, 6.45) is 0. The zero-order chi connectivity index (χ0) is 9.42. The topological polar surface area (TPSA) is 97.8 Å². The van der Waals surface area contributed by atoms with E-state index in [-0.39, 0.29) is 5.95 Å². The number of carbonyl (C=O) groups excluding carboxylic acids is 1. The van der Waals surface area contributed by atoms with Gasteiger partial charge in [0.05, 0.1) is 11.1 Å². The van der Waals surface area contributed by atoms with Crippen molar-refractivity contribution in [3.05, 3.63) is 23.8 Å². The number of para-hydroxylation sites is 1. The molecule has 0 saturated carbocycles. The van der Waals surface area contributed by atoms with Gasteiger partial charge in [-0.2, -0.15) is 0 Å². The Hall–Kier alpha value is -2.04. The molecule has 1 amide bonds. The first kappa shape index (κ1) is 7.60. The van der Waals surface area contributed by atoms with E-state index in [1.807, 2.05) is 0 Å². The number of hydrogen-bond donors (Lipinski definition) is 3. The highest BCUT2D eigenvalue weighted by Gasteiger charge is 2.08. The summed E-state index contributed by atoms with van der Waals surface area (Å²) in [4.78, 5) is 17.7. The molecule has 0 bridgehead atoms. The highest BCUT2D eigenvalue weighted by molar-refractivity contribution is 6.04. The molecule has 2 aromatic rings. The average Bonchev–Trinajstić information content (AvgIpc) is 2.43. The van der Waals surface area contributed by atoms with E-state index in [9.17, 15) is 4.79 Å². The average molecular weight is 176 g/mol. The third kappa shape index (κ3) is 1.10. The molecular formula is C8H8N4O. The molecular weight excluding hydrogens is 168 g/mol. The molecule has 1 heterocycles. The molecule has 0 unspecified atom stereocenters. The van der Waals surface area contributed by atoms with Crippen molar-refractivity contribution in [1.82, 2.24) is 9.97 Å². The quantitative estimate of drug-likeness (QED) is 0.580. The van der Waals surface area contributed by atoms with Crippen LogP contribution in [0.3, 0.4) is 0 Å². The van der Waals surface area contributed by atoms with Crippen LogP contribution >= 0.6 is 0 Å². The molecule has 0 radical (unpaired) electrons. The maximum Gasteiger partial charge on any atom is 0.250 e. The highest BCUT2D eigenvalue weighted by atomic mass is 16.1. The van der Waals surface area contributed by atoms with Gasteiger partial charge in [-0.15, -0.1) is 0 Å². The number of benzene rings is 1. The number of nitrogen functional groups attached to an aromatic ring is 1. The monoisotopic (exact) mass is 176 g/mol. The van der Waals surface area contributed by atoms with Crippen LogP contribution in [0.1, 0.15) is 10.4 Å². The second-order valence-electron chi connectivity index (χ2n) is 2.69. The Morgan fingerprint density at radius 2 is 2.23 bits per heavy atom. The van der Waals surface area contributed by atoms with Gasteiger partial charge in [-0.25, -0.2) is 4.98 Å². The van der Waals surface area contributed by atoms with Gasteiger partial charge in [-0.3, -0.25) is 4.79 Å². The molecule has 0 atom stereocenters. The number of carbonyl (C=O) groups is 1. The van der Waals surface area contributed by atoms with Crippen LogP contribution in [0.25, 0.3) is 11.0 Å². The van der Waals surface area contributed by atoms with Gasteiger partial charge in [-0.1, -0.05) is 6.07 Å². The van der Waals surface area contributed by atoms with Crippen LogP contribution < -0.4 is 11.5 Å². The number of aromatic amines is 1. The van der Waals surface area contributed by atoms with Crippen molar-refractivity contribution < 1.29 is 4.79 Å². The summed E-state index contributed by atoms with van der Waals surface area (Å²) >= 11 is 0. The van der Waals surface area contributed by atoms with Crippen molar-refractivity contribution in [3.63, 3.8) is 0 Å². The van der Waals surface area contributed by atoms with Gasteiger partial charge >= 0.3 is 0 Å². The number of rotatable bonds is 1. The highest BCUT2D eigenvalue weighted by Crippen LogP contribution is 2.16. The smallest absolute Gasteiger partial charge is 0.250 e. The maximum atomic E-state index is 11.0. The van der Waals surface area contributed by atoms with E-state index in [0.29, 0.717) is 16.6 Å². The molecule has 5 heteroatoms. The van der Waals surface area contributed by atoms with Gasteiger partial charge < -0.3 is 16.5 Å². The second kappa shape index (κ2) is 2.48. The molecule has 66 valence electrons. The van der Waals surface area contributed by atoms with Gasteiger partial charge in [0.15, 0.2) is 5.95 Å². The molecule has 1 aromatic heterocycles. The molecule has 0 aliphatic heterocycles. The maximum absolute atomic E-state index is 11.0. The zero-order valence-corrected chi connectivity index (χ0v) is 6.74. The van der Waals surface area contributed by atoms with Crippen LogP contribution in [0, 0.1) is 0 Å². The van der Waals surface area contributed by atoms with Crippen molar-refractivity contribution in [3.8, 4) is 0 Å². The van der Waals surface area contributed by atoms with E-state index in [1.54, 1.807) is 18.2 Å². The number of fused-ring (bicyclic) bond motifs is 1. The van der Waals surface area contributed by atoms with Gasteiger partial charge in [0, 0.05) is 0 Å². The molecule has 5 N–H and O–H groups in total. The van der Waals surface area contributed by atoms with Gasteiger partial charge in [-0.05, 0) is 12.1 Å². The minimum Gasteiger partial charge on any atom is -0.369 e. The number of H-pyrrole nitrogens is 1. The summed E-state index contributed by atoms with van der Waals surface area (Å²) in [5.41, 5.74) is 12.2. The standard InChI is InChI=1S/C8H8N4O/c9-7(13)4-2-1-3-5-6(4)12-8(10)11-5/h1-3H,(H2,9,13)(H3,10,11,12). The summed E-state index contributed by atoms with van der Waals surface area (Å²) < 4.78 is 0. The lowest BCUT2D eigenvalue weighted by molar-refractivity contribution is 0.100. The zero-order valence-electron chi connectivity index (χ0n) is 6.74. The van der Waals surface area contributed by atoms with Crippen molar-refractivity contribution in [1.29, 1.82) is 0 Å². The Morgan fingerprint density at radius 1 is 1.46 bits per heavy atom. The second-order valence-corrected chi connectivity index (χ2v) is 2.69. The molecule has 0 aliphatic carbocycles. The van der Waals surface area contributed by atoms with Crippen molar-refractivity contribution in [2.24, 2.45) is 5.73 Å². The van der Waals surface area contributed by atoms with Crippen LogP contribution in [0.4, 0.5) is 5.95 Å². The normalized spacial score (nSPS) is 10.5. The number of aromatic nitrogens is 2. The number of primary amides is 1. The Bertz CT molecular complexity index is 474. The van der Waals surface area contributed by atoms with E-state index in [0.717, 1.165) is 0 Å². The van der Waals surface area contributed by atoms with Crippen molar-refractivity contribution in [2.75, 3.05) is 5.73 Å². The van der Waals surface area contributed by atoms with Gasteiger partial charge in [0.25, 0.3) is 5.91 Å². The van der Waals surface area contributed by atoms with Crippen LogP contribution in [-0.2, 0) is 0 Å². The first-order valence-corrected chi connectivity index (χ1v) is 3.72. The Kier molecular flexibility index (Phi) is 1.45. The van der Waals surface area contributed by atoms with Gasteiger partial charge in [0.1, 0.15) is 5.52 Å². The summed E-state index contributed by atoms with van der Waals surface area (Å²) in [6, 6.07) is 5.12. The fraction of sp³-hybridized carbons (Fsp3) is 0. The number of nitrogens with two attached hydrogens (primary N) is 2. The summed E-state index contributed by atoms with van der Waals surface area (Å²) in [5, 5.41) is 0. The van der Waals surface area contributed by atoms with Gasteiger partial charge in [0.2, 0.25) is 0 Å². The number of nitrogens with one attached hydrogen (secondary N) is 1. The molecule has 2 rings (SSSR count). The Morgan fingerprint density at radius 3 is 2.92 bits per heavy atom. The largest absolute Gasteiger partial charge is 0.369 e. The summed E-state index contributed by atoms with van der Waals surface area (Å²) in [6.45, 7) is 0. The van der Waals surface area contributed by atoms with E-state index in [1.165, 1.54) is 0 Å². The number of imidazole rings is 1. The molecule has 5 nitrogen and oxygen atoms in total. The fourth-order valence-electron chi connectivity index (χ4n) is 1.25. The number of amides is 1.